The second kappa shape index (κ2) is 9.40. The van der Waals surface area contributed by atoms with Crippen molar-refractivity contribution in [1.29, 1.82) is 0 Å². The van der Waals surface area contributed by atoms with Crippen molar-refractivity contribution in [3.63, 3.8) is 0 Å². The maximum absolute atomic E-state index is 13.0. The zero-order valence-corrected chi connectivity index (χ0v) is 18.0. The van der Waals surface area contributed by atoms with E-state index in [9.17, 15) is 4.79 Å². The van der Waals surface area contributed by atoms with Crippen LogP contribution >= 0.6 is 11.3 Å². The van der Waals surface area contributed by atoms with Crippen LogP contribution in [0.4, 0.5) is 10.5 Å². The van der Waals surface area contributed by atoms with Gasteiger partial charge in [0.15, 0.2) is 5.82 Å². The summed E-state index contributed by atoms with van der Waals surface area (Å²) in [5.41, 5.74) is 1.54. The van der Waals surface area contributed by atoms with E-state index in [-0.39, 0.29) is 18.1 Å². The summed E-state index contributed by atoms with van der Waals surface area (Å²) in [5.74, 6) is 1.37. The Kier molecular flexibility index (Phi) is 6.44. The number of urea groups is 1. The van der Waals surface area contributed by atoms with E-state index in [1.807, 2.05) is 60.5 Å². The molecule has 0 saturated carbocycles. The van der Waals surface area contributed by atoms with E-state index < -0.39 is 0 Å². The highest BCUT2D eigenvalue weighted by Gasteiger charge is 2.23. The maximum atomic E-state index is 13.0. The molecule has 1 unspecified atom stereocenters. The SMILES string of the molecule is CC(C)c1noc(-c2ccc(NC(=O)N(Cc3cccs3)CC3CCCO3)cc2)n1. The molecule has 1 saturated heterocycles. The van der Waals surface area contributed by atoms with Crippen LogP contribution in [-0.2, 0) is 11.3 Å². The van der Waals surface area contributed by atoms with Crippen LogP contribution < -0.4 is 5.32 Å². The number of ether oxygens (including phenoxy) is 1. The van der Waals surface area contributed by atoms with E-state index in [0.29, 0.717) is 24.8 Å². The summed E-state index contributed by atoms with van der Waals surface area (Å²) >= 11 is 1.65. The standard InChI is InChI=1S/C22H26N4O3S/c1-15(2)20-24-21(29-25-20)16-7-9-17(10-8-16)23-22(27)26(13-18-5-3-11-28-18)14-19-6-4-12-30-19/h4,6-10,12,15,18H,3,5,11,13-14H2,1-2H3,(H,23,27). The summed E-state index contributed by atoms with van der Waals surface area (Å²) in [6.07, 6.45) is 2.14. The van der Waals surface area contributed by atoms with Gasteiger partial charge in [-0.05, 0) is 48.6 Å². The molecule has 0 aliphatic carbocycles. The van der Waals surface area contributed by atoms with Crippen LogP contribution in [0.1, 0.15) is 43.3 Å². The molecule has 158 valence electrons. The summed E-state index contributed by atoms with van der Waals surface area (Å²) in [6.45, 7) is 5.97. The van der Waals surface area contributed by atoms with Gasteiger partial charge in [-0.3, -0.25) is 0 Å². The van der Waals surface area contributed by atoms with E-state index in [1.165, 1.54) is 0 Å². The second-order valence-corrected chi connectivity index (χ2v) is 8.75. The minimum Gasteiger partial charge on any atom is -0.376 e. The number of nitrogens with one attached hydrogen (secondary N) is 1. The van der Waals surface area contributed by atoms with Crippen molar-refractivity contribution < 1.29 is 14.1 Å². The minimum atomic E-state index is -0.133. The molecular weight excluding hydrogens is 400 g/mol. The summed E-state index contributed by atoms with van der Waals surface area (Å²) in [4.78, 5) is 20.4. The van der Waals surface area contributed by atoms with E-state index >= 15 is 0 Å². The lowest BCUT2D eigenvalue weighted by molar-refractivity contribution is 0.0821. The number of carbonyl (C=O) groups is 1. The minimum absolute atomic E-state index is 0.103. The summed E-state index contributed by atoms with van der Waals surface area (Å²) in [5, 5.41) is 9.02. The van der Waals surface area contributed by atoms with Crippen LogP contribution in [0, 0.1) is 0 Å². The summed E-state index contributed by atoms with van der Waals surface area (Å²) < 4.78 is 11.1. The van der Waals surface area contributed by atoms with Crippen molar-refractivity contribution >= 4 is 23.1 Å². The largest absolute Gasteiger partial charge is 0.376 e. The predicted molar refractivity (Wildman–Crippen MR) is 117 cm³/mol. The number of benzene rings is 1. The Morgan fingerprint density at radius 3 is 2.77 bits per heavy atom. The topological polar surface area (TPSA) is 80.5 Å². The number of thiophene rings is 1. The van der Waals surface area contributed by atoms with Crippen molar-refractivity contribution in [2.45, 2.75) is 45.3 Å². The van der Waals surface area contributed by atoms with E-state index in [2.05, 4.69) is 15.5 Å². The molecule has 4 rings (SSSR count). The van der Waals surface area contributed by atoms with Gasteiger partial charge in [-0.25, -0.2) is 4.79 Å². The first kappa shape index (κ1) is 20.6. The van der Waals surface area contributed by atoms with Crippen LogP contribution in [0.2, 0.25) is 0 Å². The molecule has 8 heteroatoms. The van der Waals surface area contributed by atoms with Gasteiger partial charge in [0.2, 0.25) is 0 Å². The lowest BCUT2D eigenvalue weighted by atomic mass is 10.2. The molecule has 2 aromatic heterocycles. The van der Waals surface area contributed by atoms with Gasteiger partial charge < -0.3 is 19.5 Å². The molecule has 2 amide bonds. The van der Waals surface area contributed by atoms with Crippen molar-refractivity contribution in [3.05, 3.63) is 52.5 Å². The molecule has 1 aliphatic rings. The Labute approximate surface area is 180 Å². The van der Waals surface area contributed by atoms with Gasteiger partial charge in [0.1, 0.15) is 0 Å². The monoisotopic (exact) mass is 426 g/mol. The van der Waals surface area contributed by atoms with E-state index in [1.54, 1.807) is 11.3 Å². The normalized spacial score (nSPS) is 16.2. The smallest absolute Gasteiger partial charge is 0.322 e. The Bertz CT molecular complexity index is 947. The number of rotatable bonds is 7. The maximum Gasteiger partial charge on any atom is 0.322 e. The average Bonchev–Trinajstić information content (AvgIpc) is 3.51. The van der Waals surface area contributed by atoms with E-state index in [0.717, 1.165) is 35.6 Å². The molecule has 3 heterocycles. The third kappa shape index (κ3) is 5.06. The Hall–Kier alpha value is -2.71. The predicted octanol–water partition coefficient (Wildman–Crippen LogP) is 5.13. The van der Waals surface area contributed by atoms with Crippen LogP contribution in [0.5, 0.6) is 0 Å². The quantitative estimate of drug-likeness (QED) is 0.566. The van der Waals surface area contributed by atoms with Gasteiger partial charge >= 0.3 is 6.03 Å². The average molecular weight is 427 g/mol. The van der Waals surface area contributed by atoms with Crippen molar-refractivity contribution in [2.75, 3.05) is 18.5 Å². The van der Waals surface area contributed by atoms with Crippen molar-refractivity contribution in [1.82, 2.24) is 15.0 Å². The van der Waals surface area contributed by atoms with Crippen molar-refractivity contribution in [2.24, 2.45) is 0 Å². The van der Waals surface area contributed by atoms with Gasteiger partial charge in [-0.15, -0.1) is 11.3 Å². The zero-order valence-electron chi connectivity index (χ0n) is 17.2. The van der Waals surface area contributed by atoms with Gasteiger partial charge in [0, 0.05) is 35.2 Å². The highest BCUT2D eigenvalue weighted by atomic mass is 32.1. The number of carbonyl (C=O) groups excluding carboxylic acids is 1. The number of hydrogen-bond acceptors (Lipinski definition) is 6. The molecule has 1 fully saturated rings. The molecular formula is C22H26N4O3S. The second-order valence-electron chi connectivity index (χ2n) is 7.71. The highest BCUT2D eigenvalue weighted by Crippen LogP contribution is 2.23. The molecule has 3 aromatic rings. The first-order valence-electron chi connectivity index (χ1n) is 10.2. The van der Waals surface area contributed by atoms with E-state index in [4.69, 9.17) is 9.26 Å². The number of nitrogens with zero attached hydrogens (tertiary/aromatic N) is 3. The fourth-order valence-electron chi connectivity index (χ4n) is 3.33. The molecule has 0 radical (unpaired) electrons. The van der Waals surface area contributed by atoms with Gasteiger partial charge in [0.25, 0.3) is 5.89 Å². The zero-order chi connectivity index (χ0) is 20.9. The van der Waals surface area contributed by atoms with Crippen molar-refractivity contribution in [3.8, 4) is 11.5 Å². The van der Waals surface area contributed by atoms with Crippen LogP contribution in [0.25, 0.3) is 11.5 Å². The Morgan fingerprint density at radius 1 is 1.30 bits per heavy atom. The number of amides is 2. The molecule has 1 aromatic carbocycles. The Morgan fingerprint density at radius 2 is 2.13 bits per heavy atom. The number of aromatic nitrogens is 2. The summed E-state index contributed by atoms with van der Waals surface area (Å²) in [7, 11) is 0. The number of hydrogen-bond donors (Lipinski definition) is 1. The highest BCUT2D eigenvalue weighted by molar-refractivity contribution is 7.09. The fraction of sp³-hybridized carbons (Fsp3) is 0.409. The van der Waals surface area contributed by atoms with Crippen LogP contribution in [-0.4, -0.2) is 40.3 Å². The first-order chi connectivity index (χ1) is 14.6. The molecule has 30 heavy (non-hydrogen) atoms. The third-order valence-corrected chi connectivity index (χ3v) is 5.86. The van der Waals surface area contributed by atoms with Gasteiger partial charge in [-0.1, -0.05) is 25.1 Å². The Balaban J connectivity index is 1.43. The lowest BCUT2D eigenvalue weighted by Gasteiger charge is -2.25. The third-order valence-electron chi connectivity index (χ3n) is 5.00. The van der Waals surface area contributed by atoms with Crippen LogP contribution in [0.3, 0.4) is 0 Å². The first-order valence-corrected chi connectivity index (χ1v) is 11.1. The van der Waals surface area contributed by atoms with Gasteiger partial charge in [-0.2, -0.15) is 4.98 Å². The number of anilines is 1. The molecule has 7 nitrogen and oxygen atoms in total. The molecule has 1 atom stereocenters. The van der Waals surface area contributed by atoms with Gasteiger partial charge in [0.05, 0.1) is 12.6 Å². The molecule has 1 N–H and O–H groups in total. The molecule has 0 bridgehead atoms. The molecule has 0 spiro atoms. The summed E-state index contributed by atoms with van der Waals surface area (Å²) in [6, 6.07) is 11.4. The fourth-order valence-corrected chi connectivity index (χ4v) is 4.05. The molecule has 1 aliphatic heterocycles. The van der Waals surface area contributed by atoms with Crippen LogP contribution in [0.15, 0.2) is 46.3 Å². The lowest BCUT2D eigenvalue weighted by Crippen LogP contribution is -2.39.